The van der Waals surface area contributed by atoms with Gasteiger partial charge in [-0.3, -0.25) is 9.59 Å². The van der Waals surface area contributed by atoms with Crippen LogP contribution >= 0.6 is 0 Å². The third-order valence-electron chi connectivity index (χ3n) is 5.10. The fourth-order valence-electron chi connectivity index (χ4n) is 3.45. The van der Waals surface area contributed by atoms with E-state index in [4.69, 9.17) is 14.0 Å². The van der Waals surface area contributed by atoms with Gasteiger partial charge in [0.2, 0.25) is 0 Å². The van der Waals surface area contributed by atoms with Crippen molar-refractivity contribution in [2.24, 2.45) is 0 Å². The Morgan fingerprint density at radius 2 is 1.42 bits per heavy atom. The van der Waals surface area contributed by atoms with Crippen LogP contribution in [0.2, 0.25) is 0 Å². The lowest BCUT2D eigenvalue weighted by molar-refractivity contribution is 0.101. The molecule has 0 unspecified atom stereocenters. The number of hydrogen-bond donors (Lipinski definition) is 2. The first-order chi connectivity index (χ1) is 17.5. The maximum atomic E-state index is 14.1. The molecule has 0 aliphatic heterocycles. The molecule has 0 fully saturated rings. The van der Waals surface area contributed by atoms with Crippen LogP contribution in [-0.2, 0) is 0 Å². The van der Waals surface area contributed by atoms with Crippen LogP contribution in [0.15, 0.2) is 77.3 Å². The predicted octanol–water partition coefficient (Wildman–Crippen LogP) is 5.78. The molecule has 1 aromatic heterocycles. The van der Waals surface area contributed by atoms with Crippen molar-refractivity contribution in [1.29, 1.82) is 0 Å². The smallest absolute Gasteiger partial charge is 0.277 e. The maximum Gasteiger partial charge on any atom is 0.277 e. The van der Waals surface area contributed by atoms with Crippen molar-refractivity contribution in [1.82, 2.24) is 5.16 Å². The normalized spacial score (nSPS) is 10.5. The highest BCUT2D eigenvalue weighted by molar-refractivity contribution is 6.07. The molecular formula is C27H24FN3O5. The Hall–Kier alpha value is -4.66. The topological polar surface area (TPSA) is 103 Å². The van der Waals surface area contributed by atoms with E-state index in [1.165, 1.54) is 18.2 Å². The summed E-state index contributed by atoms with van der Waals surface area (Å²) in [5.74, 6) is -0.626. The zero-order valence-electron chi connectivity index (χ0n) is 19.7. The zero-order chi connectivity index (χ0) is 25.5. The summed E-state index contributed by atoms with van der Waals surface area (Å²) in [6, 6.07) is 19.3. The van der Waals surface area contributed by atoms with Crippen molar-refractivity contribution >= 4 is 23.2 Å². The van der Waals surface area contributed by atoms with Gasteiger partial charge in [0.05, 0.1) is 30.2 Å². The van der Waals surface area contributed by atoms with Crippen molar-refractivity contribution in [3.05, 3.63) is 89.9 Å². The van der Waals surface area contributed by atoms with E-state index >= 15 is 0 Å². The summed E-state index contributed by atoms with van der Waals surface area (Å²) in [5, 5.41) is 9.33. The summed E-state index contributed by atoms with van der Waals surface area (Å²) in [6.45, 7) is 4.23. The zero-order valence-corrected chi connectivity index (χ0v) is 19.7. The number of nitrogens with one attached hydrogen (secondary N) is 2. The average molecular weight is 490 g/mol. The molecule has 0 saturated heterocycles. The molecule has 0 aliphatic carbocycles. The van der Waals surface area contributed by atoms with E-state index in [0.29, 0.717) is 41.7 Å². The molecular weight excluding hydrogens is 465 g/mol. The molecule has 36 heavy (non-hydrogen) atoms. The third kappa shape index (κ3) is 5.52. The predicted molar refractivity (Wildman–Crippen MR) is 133 cm³/mol. The Morgan fingerprint density at radius 3 is 2.03 bits per heavy atom. The number of halogens is 1. The summed E-state index contributed by atoms with van der Waals surface area (Å²) >= 11 is 0. The highest BCUT2D eigenvalue weighted by Gasteiger charge is 2.20. The first kappa shape index (κ1) is 24.5. The second-order valence-electron chi connectivity index (χ2n) is 7.54. The second kappa shape index (κ2) is 11.2. The summed E-state index contributed by atoms with van der Waals surface area (Å²) in [6.07, 6.45) is 0. The van der Waals surface area contributed by atoms with E-state index in [1.54, 1.807) is 62.4 Å². The van der Waals surface area contributed by atoms with Crippen LogP contribution in [0, 0.1) is 5.82 Å². The largest absolute Gasteiger partial charge is 0.492 e. The van der Waals surface area contributed by atoms with Crippen LogP contribution < -0.4 is 20.1 Å². The minimum Gasteiger partial charge on any atom is -0.492 e. The molecule has 184 valence electrons. The van der Waals surface area contributed by atoms with Gasteiger partial charge in [-0.25, -0.2) is 4.39 Å². The average Bonchev–Trinajstić information content (AvgIpc) is 3.38. The van der Waals surface area contributed by atoms with E-state index in [1.807, 2.05) is 6.07 Å². The van der Waals surface area contributed by atoms with Gasteiger partial charge in [-0.15, -0.1) is 0 Å². The molecule has 4 rings (SSSR count). The van der Waals surface area contributed by atoms with Crippen LogP contribution in [0.5, 0.6) is 11.5 Å². The number of rotatable bonds is 9. The Labute approximate surface area is 207 Å². The molecule has 0 saturated carbocycles. The van der Waals surface area contributed by atoms with Crippen molar-refractivity contribution in [3.8, 4) is 22.8 Å². The SMILES string of the molecule is CCOc1cc(NC(=O)c2cc(-c3ccccc3F)on2)c(OCC)cc1NC(=O)c1ccccc1. The number of carbonyl (C=O) groups excluding carboxylic acids is 2. The number of carbonyl (C=O) groups is 2. The van der Waals surface area contributed by atoms with Crippen LogP contribution in [0.4, 0.5) is 15.8 Å². The summed E-state index contributed by atoms with van der Waals surface area (Å²) < 4.78 is 30.7. The van der Waals surface area contributed by atoms with Gasteiger partial charge in [0.1, 0.15) is 17.3 Å². The van der Waals surface area contributed by atoms with Gasteiger partial charge < -0.3 is 24.6 Å². The standard InChI is InChI=1S/C27H24FN3O5/c1-3-34-24-15-21(25(35-4-2)14-20(24)29-26(32)17-10-6-5-7-11-17)30-27(33)22-16-23(36-31-22)18-12-8-9-13-19(18)28/h5-16H,3-4H2,1-2H3,(H,29,32)(H,30,33). The molecule has 2 N–H and O–H groups in total. The molecule has 0 atom stereocenters. The lowest BCUT2D eigenvalue weighted by Crippen LogP contribution is -2.16. The number of nitrogens with zero attached hydrogens (tertiary/aromatic N) is 1. The molecule has 9 heteroatoms. The molecule has 3 aromatic carbocycles. The molecule has 0 radical (unpaired) electrons. The Morgan fingerprint density at radius 1 is 0.833 bits per heavy atom. The van der Waals surface area contributed by atoms with Gasteiger partial charge in [-0.05, 0) is 38.1 Å². The Balaban J connectivity index is 1.61. The summed E-state index contributed by atoms with van der Waals surface area (Å²) in [5.41, 5.74) is 1.31. The van der Waals surface area contributed by atoms with Crippen LogP contribution in [0.3, 0.4) is 0 Å². The highest BCUT2D eigenvalue weighted by Crippen LogP contribution is 2.37. The number of benzene rings is 3. The number of aromatic nitrogens is 1. The van der Waals surface area contributed by atoms with E-state index in [0.717, 1.165) is 0 Å². The van der Waals surface area contributed by atoms with Gasteiger partial charge in [-0.1, -0.05) is 35.5 Å². The van der Waals surface area contributed by atoms with E-state index in [9.17, 15) is 14.0 Å². The number of anilines is 2. The van der Waals surface area contributed by atoms with Crippen molar-refractivity contribution in [2.45, 2.75) is 13.8 Å². The maximum absolute atomic E-state index is 14.1. The summed E-state index contributed by atoms with van der Waals surface area (Å²) in [4.78, 5) is 25.6. The fraction of sp³-hybridized carbons (Fsp3) is 0.148. The quantitative estimate of drug-likeness (QED) is 0.309. The minimum absolute atomic E-state index is 0.0462. The van der Waals surface area contributed by atoms with Gasteiger partial charge in [0, 0.05) is 23.8 Å². The van der Waals surface area contributed by atoms with Crippen LogP contribution in [0.1, 0.15) is 34.7 Å². The fourth-order valence-corrected chi connectivity index (χ4v) is 3.45. The van der Waals surface area contributed by atoms with Gasteiger partial charge in [0.15, 0.2) is 11.5 Å². The lowest BCUT2D eigenvalue weighted by Gasteiger charge is -2.17. The first-order valence-corrected chi connectivity index (χ1v) is 11.3. The van der Waals surface area contributed by atoms with E-state index in [-0.39, 0.29) is 22.9 Å². The van der Waals surface area contributed by atoms with Gasteiger partial charge in [0.25, 0.3) is 11.8 Å². The Kier molecular flexibility index (Phi) is 7.60. The molecule has 0 spiro atoms. The van der Waals surface area contributed by atoms with E-state index < -0.39 is 11.7 Å². The van der Waals surface area contributed by atoms with Crippen molar-refractivity contribution in [3.63, 3.8) is 0 Å². The monoisotopic (exact) mass is 489 g/mol. The van der Waals surface area contributed by atoms with Crippen LogP contribution in [-0.4, -0.2) is 30.2 Å². The number of hydrogen-bond acceptors (Lipinski definition) is 6. The first-order valence-electron chi connectivity index (χ1n) is 11.3. The minimum atomic E-state index is -0.592. The van der Waals surface area contributed by atoms with Gasteiger partial charge in [-0.2, -0.15) is 0 Å². The molecule has 0 bridgehead atoms. The van der Waals surface area contributed by atoms with Crippen molar-refractivity contribution in [2.75, 3.05) is 23.8 Å². The van der Waals surface area contributed by atoms with Crippen LogP contribution in [0.25, 0.3) is 11.3 Å². The highest BCUT2D eigenvalue weighted by atomic mass is 19.1. The lowest BCUT2D eigenvalue weighted by atomic mass is 10.1. The van der Waals surface area contributed by atoms with E-state index in [2.05, 4.69) is 15.8 Å². The molecule has 1 heterocycles. The molecule has 4 aromatic rings. The Bertz CT molecular complexity index is 1370. The van der Waals surface area contributed by atoms with Gasteiger partial charge >= 0.3 is 0 Å². The number of ether oxygens (including phenoxy) is 2. The van der Waals surface area contributed by atoms with Crippen molar-refractivity contribution < 1.29 is 28.0 Å². The molecule has 8 nitrogen and oxygen atoms in total. The third-order valence-corrected chi connectivity index (χ3v) is 5.10. The second-order valence-corrected chi connectivity index (χ2v) is 7.54. The number of amides is 2. The summed E-state index contributed by atoms with van der Waals surface area (Å²) in [7, 11) is 0. The molecule has 2 amide bonds. The molecule has 0 aliphatic rings.